The molecular formula is C13H15BrF3N3. The van der Waals surface area contributed by atoms with Crippen LogP contribution in [0.5, 0.6) is 0 Å². The molecule has 2 heterocycles. The minimum absolute atomic E-state index is 0.116. The largest absolute Gasteiger partial charge is 0.419 e. The normalized spacial score (nSPS) is 15.9. The third-order valence-corrected chi connectivity index (χ3v) is 3.49. The van der Waals surface area contributed by atoms with E-state index in [2.05, 4.69) is 37.6 Å². The van der Waals surface area contributed by atoms with Gasteiger partial charge in [-0.1, -0.05) is 11.6 Å². The van der Waals surface area contributed by atoms with Gasteiger partial charge in [0.15, 0.2) is 0 Å². The van der Waals surface area contributed by atoms with Crippen molar-refractivity contribution in [3.05, 3.63) is 33.9 Å². The van der Waals surface area contributed by atoms with Crippen LogP contribution >= 0.6 is 15.9 Å². The molecule has 1 aromatic rings. The first-order chi connectivity index (χ1) is 9.47. The summed E-state index contributed by atoms with van der Waals surface area (Å²) in [5.41, 5.74) is 0.521. The summed E-state index contributed by atoms with van der Waals surface area (Å²) in [5, 5.41) is 5.98. The molecule has 7 heteroatoms. The van der Waals surface area contributed by atoms with E-state index in [1.54, 1.807) is 0 Å². The summed E-state index contributed by atoms with van der Waals surface area (Å²) in [6.07, 6.45) is 0.720. The number of nitrogens with one attached hydrogen (secondary N) is 2. The minimum Gasteiger partial charge on any atom is -0.369 e. The Bertz CT molecular complexity index is 500. The Balaban J connectivity index is 2.00. The first kappa shape index (κ1) is 15.3. The van der Waals surface area contributed by atoms with Crippen LogP contribution in [0, 0.1) is 0 Å². The fraction of sp³-hybridized carbons (Fsp3) is 0.462. The van der Waals surface area contributed by atoms with Crippen LogP contribution in [0.2, 0.25) is 0 Å². The lowest BCUT2D eigenvalue weighted by atomic mass is 10.1. The van der Waals surface area contributed by atoms with E-state index in [-0.39, 0.29) is 5.82 Å². The summed E-state index contributed by atoms with van der Waals surface area (Å²) in [7, 11) is 0. The Morgan fingerprint density at radius 1 is 1.40 bits per heavy atom. The van der Waals surface area contributed by atoms with Crippen molar-refractivity contribution in [2.75, 3.05) is 25.0 Å². The fourth-order valence-corrected chi connectivity index (χ4v) is 2.37. The first-order valence-electron chi connectivity index (χ1n) is 6.32. The summed E-state index contributed by atoms with van der Waals surface area (Å²) in [5.74, 6) is -0.116. The molecule has 0 unspecified atom stereocenters. The average molecular weight is 350 g/mol. The van der Waals surface area contributed by atoms with Gasteiger partial charge >= 0.3 is 6.18 Å². The van der Waals surface area contributed by atoms with Crippen molar-refractivity contribution >= 4 is 21.7 Å². The third-order valence-electron chi connectivity index (χ3n) is 3.06. The molecule has 0 amide bonds. The van der Waals surface area contributed by atoms with E-state index >= 15 is 0 Å². The van der Waals surface area contributed by atoms with E-state index in [4.69, 9.17) is 0 Å². The highest BCUT2D eigenvalue weighted by Crippen LogP contribution is 2.35. The number of aromatic nitrogens is 1. The molecule has 0 radical (unpaired) electrons. The molecule has 1 aliphatic heterocycles. The number of nitrogens with zero attached hydrogens (tertiary/aromatic N) is 1. The summed E-state index contributed by atoms with van der Waals surface area (Å²) < 4.78 is 39.0. The number of rotatable bonds is 4. The Labute approximate surface area is 123 Å². The predicted molar refractivity (Wildman–Crippen MR) is 75.6 cm³/mol. The Morgan fingerprint density at radius 3 is 2.85 bits per heavy atom. The Hall–Kier alpha value is -1.08. The molecule has 0 atom stereocenters. The summed E-state index contributed by atoms with van der Waals surface area (Å²) in [6, 6.07) is 1.04. The summed E-state index contributed by atoms with van der Waals surface area (Å²) >= 11 is 3.01. The first-order valence-corrected chi connectivity index (χ1v) is 7.11. The average Bonchev–Trinajstić information content (AvgIpc) is 2.40. The van der Waals surface area contributed by atoms with Crippen molar-refractivity contribution in [2.45, 2.75) is 19.0 Å². The van der Waals surface area contributed by atoms with Crippen LogP contribution in [-0.2, 0) is 6.18 Å². The number of hydrogen-bond donors (Lipinski definition) is 2. The molecule has 1 aromatic heterocycles. The minimum atomic E-state index is -4.41. The molecule has 20 heavy (non-hydrogen) atoms. The van der Waals surface area contributed by atoms with E-state index in [1.807, 2.05) is 0 Å². The van der Waals surface area contributed by atoms with Crippen molar-refractivity contribution in [1.82, 2.24) is 10.3 Å². The maximum Gasteiger partial charge on any atom is 0.419 e. The van der Waals surface area contributed by atoms with E-state index in [1.165, 1.54) is 11.8 Å². The SMILES string of the molecule is FC(F)(F)c1cc(Br)cnc1NCCC1=CCNCC1. The molecule has 0 fully saturated rings. The second-order valence-electron chi connectivity index (χ2n) is 4.54. The molecule has 0 bridgehead atoms. The molecule has 0 aromatic carbocycles. The van der Waals surface area contributed by atoms with Gasteiger partial charge in [-0.15, -0.1) is 0 Å². The highest BCUT2D eigenvalue weighted by Gasteiger charge is 2.34. The maximum absolute atomic E-state index is 12.9. The van der Waals surface area contributed by atoms with Crippen LogP contribution in [0.1, 0.15) is 18.4 Å². The van der Waals surface area contributed by atoms with Crippen molar-refractivity contribution < 1.29 is 13.2 Å². The highest BCUT2D eigenvalue weighted by molar-refractivity contribution is 9.10. The molecular weight excluding hydrogens is 335 g/mol. The van der Waals surface area contributed by atoms with Gasteiger partial charge in [-0.25, -0.2) is 4.98 Å². The molecule has 0 spiro atoms. The van der Waals surface area contributed by atoms with Gasteiger partial charge in [-0.05, 0) is 41.4 Å². The van der Waals surface area contributed by atoms with Crippen LogP contribution < -0.4 is 10.6 Å². The van der Waals surface area contributed by atoms with E-state index < -0.39 is 11.7 Å². The van der Waals surface area contributed by atoms with Crippen LogP contribution in [-0.4, -0.2) is 24.6 Å². The zero-order valence-corrected chi connectivity index (χ0v) is 12.3. The molecule has 0 aliphatic carbocycles. The van der Waals surface area contributed by atoms with Gasteiger partial charge in [0.25, 0.3) is 0 Å². The van der Waals surface area contributed by atoms with Crippen molar-refractivity contribution in [1.29, 1.82) is 0 Å². The van der Waals surface area contributed by atoms with Crippen molar-refractivity contribution in [2.24, 2.45) is 0 Å². The number of hydrogen-bond acceptors (Lipinski definition) is 3. The lowest BCUT2D eigenvalue weighted by molar-refractivity contribution is -0.137. The number of pyridine rings is 1. The van der Waals surface area contributed by atoms with Gasteiger partial charge in [-0.3, -0.25) is 0 Å². The lowest BCUT2D eigenvalue weighted by Gasteiger charge is -2.16. The van der Waals surface area contributed by atoms with Crippen LogP contribution in [0.4, 0.5) is 19.0 Å². The van der Waals surface area contributed by atoms with Crippen LogP contribution in [0.15, 0.2) is 28.4 Å². The molecule has 0 saturated carbocycles. The summed E-state index contributed by atoms with van der Waals surface area (Å²) in [4.78, 5) is 3.82. The highest BCUT2D eigenvalue weighted by atomic mass is 79.9. The van der Waals surface area contributed by atoms with Crippen LogP contribution in [0.25, 0.3) is 0 Å². The van der Waals surface area contributed by atoms with Gasteiger partial charge in [0, 0.05) is 23.8 Å². The Kier molecular flexibility index (Phi) is 5.04. The quantitative estimate of drug-likeness (QED) is 0.815. The number of anilines is 1. The van der Waals surface area contributed by atoms with E-state index in [0.29, 0.717) is 11.0 Å². The number of alkyl halides is 3. The maximum atomic E-state index is 12.9. The van der Waals surface area contributed by atoms with E-state index in [9.17, 15) is 13.2 Å². The molecule has 110 valence electrons. The molecule has 2 rings (SSSR count). The second-order valence-corrected chi connectivity index (χ2v) is 5.46. The van der Waals surface area contributed by atoms with Gasteiger partial charge < -0.3 is 10.6 Å². The Morgan fingerprint density at radius 2 is 2.20 bits per heavy atom. The van der Waals surface area contributed by atoms with Gasteiger partial charge in [-0.2, -0.15) is 13.2 Å². The van der Waals surface area contributed by atoms with E-state index in [0.717, 1.165) is 32.0 Å². The van der Waals surface area contributed by atoms with Gasteiger partial charge in [0.05, 0.1) is 5.56 Å². The molecule has 1 aliphatic rings. The standard InChI is InChI=1S/C13H15BrF3N3/c14-10-7-11(13(15,16)17)12(20-8-10)19-6-3-9-1-4-18-5-2-9/h1,7-8,18H,2-6H2,(H,19,20). The molecule has 3 nitrogen and oxygen atoms in total. The molecule has 2 N–H and O–H groups in total. The monoisotopic (exact) mass is 349 g/mol. The van der Waals surface area contributed by atoms with Gasteiger partial charge in [0.1, 0.15) is 5.82 Å². The summed E-state index contributed by atoms with van der Waals surface area (Å²) in [6.45, 7) is 2.21. The zero-order valence-electron chi connectivity index (χ0n) is 10.7. The zero-order chi connectivity index (χ0) is 14.6. The van der Waals surface area contributed by atoms with Crippen molar-refractivity contribution in [3.8, 4) is 0 Å². The smallest absolute Gasteiger partial charge is 0.369 e. The lowest BCUT2D eigenvalue weighted by Crippen LogP contribution is -2.21. The van der Waals surface area contributed by atoms with Crippen molar-refractivity contribution in [3.63, 3.8) is 0 Å². The molecule has 0 saturated heterocycles. The third kappa shape index (κ3) is 4.21. The topological polar surface area (TPSA) is 37.0 Å². The second kappa shape index (κ2) is 6.58. The van der Waals surface area contributed by atoms with Crippen LogP contribution in [0.3, 0.4) is 0 Å². The number of halogens is 4. The van der Waals surface area contributed by atoms with Gasteiger partial charge in [0.2, 0.25) is 0 Å². The fourth-order valence-electron chi connectivity index (χ4n) is 2.03. The predicted octanol–water partition coefficient (Wildman–Crippen LogP) is 3.58.